The summed E-state index contributed by atoms with van der Waals surface area (Å²) in [5.74, 6) is 1.90. The van der Waals surface area contributed by atoms with Gasteiger partial charge in [0.25, 0.3) is 0 Å². The zero-order chi connectivity index (χ0) is 19.3. The zero-order valence-corrected chi connectivity index (χ0v) is 16.5. The minimum absolute atomic E-state index is 0.206. The van der Waals surface area contributed by atoms with E-state index in [2.05, 4.69) is 20.0 Å². The number of methoxy groups -OCH3 is 1. The number of rotatable bonds is 8. The van der Waals surface area contributed by atoms with Crippen molar-refractivity contribution in [1.29, 1.82) is 0 Å². The van der Waals surface area contributed by atoms with E-state index in [-0.39, 0.29) is 11.4 Å². The van der Waals surface area contributed by atoms with E-state index in [1.807, 2.05) is 32.0 Å². The molecule has 0 saturated heterocycles. The predicted octanol–water partition coefficient (Wildman–Crippen LogP) is 1.56. The molecule has 2 N–H and O–H groups in total. The fourth-order valence-corrected chi connectivity index (χ4v) is 3.44. The standard InChI is InChI=1S/C17H25N5O3S/c1-12-10-14(6-7-15(12)25-5)26(23,24)19-9-8-18-17-20-13(2)11-16(21-17)22(3)4/h6-7,10-11,19H,8-9H2,1-5H3,(H,18,20,21). The lowest BCUT2D eigenvalue weighted by Gasteiger charge is -2.14. The van der Waals surface area contributed by atoms with E-state index < -0.39 is 10.0 Å². The zero-order valence-electron chi connectivity index (χ0n) is 15.7. The van der Waals surface area contributed by atoms with Gasteiger partial charge in [-0.05, 0) is 37.6 Å². The molecule has 0 amide bonds. The fourth-order valence-electron chi connectivity index (χ4n) is 2.32. The summed E-state index contributed by atoms with van der Waals surface area (Å²) < 4.78 is 32.5. The molecule has 0 aliphatic rings. The van der Waals surface area contributed by atoms with Gasteiger partial charge in [0.2, 0.25) is 16.0 Å². The third-order valence-corrected chi connectivity index (χ3v) is 5.13. The van der Waals surface area contributed by atoms with Crippen LogP contribution in [0.15, 0.2) is 29.2 Å². The van der Waals surface area contributed by atoms with Gasteiger partial charge in [-0.15, -0.1) is 0 Å². The van der Waals surface area contributed by atoms with Crippen LogP contribution in [0.25, 0.3) is 0 Å². The van der Waals surface area contributed by atoms with Crippen molar-refractivity contribution < 1.29 is 13.2 Å². The van der Waals surface area contributed by atoms with Crippen LogP contribution in [0.2, 0.25) is 0 Å². The number of aromatic nitrogens is 2. The largest absolute Gasteiger partial charge is 0.496 e. The van der Waals surface area contributed by atoms with Crippen molar-refractivity contribution in [3.63, 3.8) is 0 Å². The molecule has 0 atom stereocenters. The summed E-state index contributed by atoms with van der Waals surface area (Å²) in [6, 6.07) is 6.63. The Morgan fingerprint density at radius 2 is 1.85 bits per heavy atom. The van der Waals surface area contributed by atoms with Gasteiger partial charge in [-0.25, -0.2) is 18.1 Å². The quantitative estimate of drug-likeness (QED) is 0.672. The smallest absolute Gasteiger partial charge is 0.240 e. The topological polar surface area (TPSA) is 96.5 Å². The van der Waals surface area contributed by atoms with Crippen LogP contribution in [-0.4, -0.2) is 52.7 Å². The molecule has 1 aromatic carbocycles. The van der Waals surface area contributed by atoms with Crippen molar-refractivity contribution in [3.05, 3.63) is 35.5 Å². The molecule has 26 heavy (non-hydrogen) atoms. The monoisotopic (exact) mass is 379 g/mol. The molecule has 0 fully saturated rings. The summed E-state index contributed by atoms with van der Waals surface area (Å²) in [6.45, 7) is 4.26. The van der Waals surface area contributed by atoms with Gasteiger partial charge < -0.3 is 15.0 Å². The maximum atomic E-state index is 12.4. The van der Waals surface area contributed by atoms with Crippen LogP contribution in [0.3, 0.4) is 0 Å². The van der Waals surface area contributed by atoms with Gasteiger partial charge in [0, 0.05) is 38.9 Å². The van der Waals surface area contributed by atoms with Crippen molar-refractivity contribution in [2.24, 2.45) is 0 Å². The summed E-state index contributed by atoms with van der Waals surface area (Å²) in [5, 5.41) is 3.04. The first-order valence-electron chi connectivity index (χ1n) is 8.14. The average Bonchev–Trinajstić information content (AvgIpc) is 2.58. The lowest BCUT2D eigenvalue weighted by molar-refractivity contribution is 0.411. The lowest BCUT2D eigenvalue weighted by Crippen LogP contribution is -2.29. The Hall–Kier alpha value is -2.39. The highest BCUT2D eigenvalue weighted by Gasteiger charge is 2.15. The van der Waals surface area contributed by atoms with Crippen molar-refractivity contribution in [2.75, 3.05) is 44.5 Å². The maximum Gasteiger partial charge on any atom is 0.240 e. The number of nitrogens with zero attached hydrogens (tertiary/aromatic N) is 3. The molecule has 0 aliphatic heterocycles. The molecular formula is C17H25N5O3S. The van der Waals surface area contributed by atoms with Crippen LogP contribution >= 0.6 is 0 Å². The highest BCUT2D eigenvalue weighted by molar-refractivity contribution is 7.89. The first-order chi connectivity index (χ1) is 12.2. The Balaban J connectivity index is 1.96. The van der Waals surface area contributed by atoms with E-state index in [1.54, 1.807) is 26.2 Å². The SMILES string of the molecule is COc1ccc(S(=O)(=O)NCCNc2nc(C)cc(N(C)C)n2)cc1C. The number of sulfonamides is 1. The number of ether oxygens (including phenoxy) is 1. The second kappa shape index (κ2) is 8.33. The van der Waals surface area contributed by atoms with Gasteiger partial charge in [-0.3, -0.25) is 0 Å². The van der Waals surface area contributed by atoms with Crippen molar-refractivity contribution >= 4 is 21.8 Å². The third kappa shape index (κ3) is 5.06. The summed E-state index contributed by atoms with van der Waals surface area (Å²) in [4.78, 5) is 10.8. The molecule has 8 nitrogen and oxygen atoms in total. The molecule has 1 aromatic heterocycles. The van der Waals surface area contributed by atoms with Crippen molar-refractivity contribution in [1.82, 2.24) is 14.7 Å². The average molecular weight is 379 g/mol. The molecule has 0 radical (unpaired) electrons. The number of hydrogen-bond donors (Lipinski definition) is 2. The molecule has 9 heteroatoms. The van der Waals surface area contributed by atoms with Crippen LogP contribution in [0.1, 0.15) is 11.3 Å². The van der Waals surface area contributed by atoms with Crippen LogP contribution in [-0.2, 0) is 10.0 Å². The van der Waals surface area contributed by atoms with Gasteiger partial charge in [0.05, 0.1) is 12.0 Å². The van der Waals surface area contributed by atoms with E-state index in [9.17, 15) is 8.42 Å². The number of aryl methyl sites for hydroxylation is 2. The number of nitrogens with one attached hydrogen (secondary N) is 2. The number of hydrogen-bond acceptors (Lipinski definition) is 7. The summed E-state index contributed by atoms with van der Waals surface area (Å²) in [5.41, 5.74) is 1.60. The molecule has 2 aromatic rings. The Kier molecular flexibility index (Phi) is 6.38. The Morgan fingerprint density at radius 1 is 1.12 bits per heavy atom. The first-order valence-corrected chi connectivity index (χ1v) is 9.62. The molecule has 142 valence electrons. The van der Waals surface area contributed by atoms with E-state index in [1.165, 1.54) is 6.07 Å². The van der Waals surface area contributed by atoms with Gasteiger partial charge in [-0.1, -0.05) is 0 Å². The minimum Gasteiger partial charge on any atom is -0.496 e. The van der Waals surface area contributed by atoms with Crippen molar-refractivity contribution in [2.45, 2.75) is 18.7 Å². The Labute approximate surface area is 154 Å². The number of benzene rings is 1. The van der Waals surface area contributed by atoms with E-state index in [4.69, 9.17) is 4.74 Å². The Bertz CT molecular complexity index is 869. The minimum atomic E-state index is -3.59. The summed E-state index contributed by atoms with van der Waals surface area (Å²) in [6.07, 6.45) is 0. The predicted molar refractivity (Wildman–Crippen MR) is 103 cm³/mol. The highest BCUT2D eigenvalue weighted by Crippen LogP contribution is 2.21. The normalized spacial score (nSPS) is 11.3. The van der Waals surface area contributed by atoms with Crippen LogP contribution < -0.4 is 19.7 Å². The van der Waals surface area contributed by atoms with Crippen LogP contribution in [0, 0.1) is 13.8 Å². The molecule has 0 unspecified atom stereocenters. The van der Waals surface area contributed by atoms with E-state index in [0.717, 1.165) is 17.1 Å². The molecular weight excluding hydrogens is 354 g/mol. The maximum absolute atomic E-state index is 12.4. The second-order valence-electron chi connectivity index (χ2n) is 6.04. The lowest BCUT2D eigenvalue weighted by atomic mass is 10.2. The third-order valence-electron chi connectivity index (χ3n) is 3.68. The molecule has 0 bridgehead atoms. The molecule has 2 rings (SSSR count). The molecule has 0 saturated carbocycles. The number of anilines is 2. The van der Waals surface area contributed by atoms with Gasteiger partial charge in [0.1, 0.15) is 11.6 Å². The fraction of sp³-hybridized carbons (Fsp3) is 0.412. The molecule has 0 spiro atoms. The van der Waals surface area contributed by atoms with Gasteiger partial charge >= 0.3 is 0 Å². The summed E-state index contributed by atoms with van der Waals surface area (Å²) in [7, 11) is 1.76. The van der Waals surface area contributed by atoms with Crippen LogP contribution in [0.4, 0.5) is 11.8 Å². The van der Waals surface area contributed by atoms with Crippen molar-refractivity contribution in [3.8, 4) is 5.75 Å². The van der Waals surface area contributed by atoms with E-state index >= 15 is 0 Å². The first kappa shape index (κ1) is 19.9. The summed E-state index contributed by atoms with van der Waals surface area (Å²) >= 11 is 0. The van der Waals surface area contributed by atoms with Gasteiger partial charge in [-0.2, -0.15) is 4.98 Å². The molecule has 0 aliphatic carbocycles. The van der Waals surface area contributed by atoms with Gasteiger partial charge in [0.15, 0.2) is 0 Å². The second-order valence-corrected chi connectivity index (χ2v) is 7.81. The van der Waals surface area contributed by atoms with E-state index in [0.29, 0.717) is 18.2 Å². The highest BCUT2D eigenvalue weighted by atomic mass is 32.2. The van der Waals surface area contributed by atoms with Crippen LogP contribution in [0.5, 0.6) is 5.75 Å². The Morgan fingerprint density at radius 3 is 2.46 bits per heavy atom. The molecule has 1 heterocycles.